The standard InChI is InChI=1S/C29H30F3N3O.C2H6/c1-7-17(4)35(6)28-16(3)11-15(2)24(27(28)33-5)20-10-8-9-19-21(14-34-26(19)20)29(36)18-12-22(30)25(32)23(31)13-18;1-2/h8-14,17,33-34H,7H2,1-6H3;1-2H3. The normalized spacial score (nSPS) is 11.7. The van der Waals surface area contributed by atoms with Gasteiger partial charge in [0.25, 0.3) is 0 Å². The van der Waals surface area contributed by atoms with Crippen molar-refractivity contribution in [3.8, 4) is 11.1 Å². The number of benzene rings is 3. The summed E-state index contributed by atoms with van der Waals surface area (Å²) in [5, 5.41) is 4.01. The maximum atomic E-state index is 13.8. The van der Waals surface area contributed by atoms with E-state index in [1.165, 1.54) is 6.20 Å². The molecule has 7 heteroatoms. The first-order chi connectivity index (χ1) is 18.1. The molecule has 202 valence electrons. The molecule has 0 saturated heterocycles. The fourth-order valence-corrected chi connectivity index (χ4v) is 4.91. The zero-order valence-electron chi connectivity index (χ0n) is 23.3. The zero-order valence-corrected chi connectivity index (χ0v) is 23.3. The van der Waals surface area contributed by atoms with Gasteiger partial charge in [-0.15, -0.1) is 0 Å². The van der Waals surface area contributed by atoms with Gasteiger partial charge in [0.2, 0.25) is 0 Å². The van der Waals surface area contributed by atoms with E-state index in [-0.39, 0.29) is 11.1 Å². The van der Waals surface area contributed by atoms with Crippen LogP contribution in [0.15, 0.2) is 42.6 Å². The van der Waals surface area contributed by atoms with E-state index in [1.807, 2.05) is 40.0 Å². The Morgan fingerprint density at radius 2 is 1.68 bits per heavy atom. The predicted octanol–water partition coefficient (Wildman–Crippen LogP) is 8.40. The summed E-state index contributed by atoms with van der Waals surface area (Å²) in [6.45, 7) is 12.5. The average Bonchev–Trinajstić information content (AvgIpc) is 3.35. The summed E-state index contributed by atoms with van der Waals surface area (Å²) < 4.78 is 41.0. The summed E-state index contributed by atoms with van der Waals surface area (Å²) in [6, 6.07) is 9.55. The van der Waals surface area contributed by atoms with Crippen LogP contribution in [0.4, 0.5) is 24.5 Å². The van der Waals surface area contributed by atoms with E-state index < -0.39 is 23.2 Å². The minimum absolute atomic E-state index is 0.252. The van der Waals surface area contributed by atoms with E-state index in [0.717, 1.165) is 57.7 Å². The lowest BCUT2D eigenvalue weighted by Crippen LogP contribution is -2.29. The predicted molar refractivity (Wildman–Crippen MR) is 152 cm³/mol. The molecule has 0 aliphatic rings. The highest BCUT2D eigenvalue weighted by Crippen LogP contribution is 2.44. The topological polar surface area (TPSA) is 48.1 Å². The highest BCUT2D eigenvalue weighted by Gasteiger charge is 2.24. The van der Waals surface area contributed by atoms with Crippen molar-refractivity contribution in [1.29, 1.82) is 0 Å². The molecule has 1 aromatic heterocycles. The molecule has 4 rings (SSSR count). The van der Waals surface area contributed by atoms with Gasteiger partial charge in [0, 0.05) is 54.0 Å². The van der Waals surface area contributed by atoms with Crippen molar-refractivity contribution >= 4 is 28.1 Å². The number of para-hydroxylation sites is 1. The number of H-pyrrole nitrogens is 1. The summed E-state index contributed by atoms with van der Waals surface area (Å²) in [5.74, 6) is -4.99. The quantitative estimate of drug-likeness (QED) is 0.189. The molecular weight excluding hydrogens is 487 g/mol. The van der Waals surface area contributed by atoms with Crippen LogP contribution in [0.1, 0.15) is 61.2 Å². The van der Waals surface area contributed by atoms with Crippen molar-refractivity contribution in [3.05, 3.63) is 82.3 Å². The fraction of sp³-hybridized carbons (Fsp3) is 0.323. The van der Waals surface area contributed by atoms with E-state index in [0.29, 0.717) is 11.4 Å². The third-order valence-corrected chi connectivity index (χ3v) is 7.02. The molecule has 2 N–H and O–H groups in total. The first kappa shape index (κ1) is 28.8. The van der Waals surface area contributed by atoms with Gasteiger partial charge in [-0.2, -0.15) is 0 Å². The Labute approximate surface area is 222 Å². The number of carbonyl (C=O) groups excluding carboxylic acids is 1. The van der Waals surface area contributed by atoms with Gasteiger partial charge < -0.3 is 15.2 Å². The zero-order chi connectivity index (χ0) is 28.3. The van der Waals surface area contributed by atoms with E-state index in [4.69, 9.17) is 0 Å². The lowest BCUT2D eigenvalue weighted by molar-refractivity contribution is 0.103. The molecule has 3 aromatic carbocycles. The van der Waals surface area contributed by atoms with Crippen LogP contribution in [0, 0.1) is 31.3 Å². The molecule has 1 unspecified atom stereocenters. The van der Waals surface area contributed by atoms with Crippen molar-refractivity contribution < 1.29 is 18.0 Å². The second-order valence-corrected chi connectivity index (χ2v) is 9.24. The number of aryl methyl sites for hydroxylation is 2. The van der Waals surface area contributed by atoms with E-state index in [2.05, 4.69) is 49.1 Å². The average molecular weight is 524 g/mol. The van der Waals surface area contributed by atoms with Gasteiger partial charge >= 0.3 is 0 Å². The van der Waals surface area contributed by atoms with Gasteiger partial charge in [-0.05, 0) is 50.5 Å². The highest BCUT2D eigenvalue weighted by atomic mass is 19.2. The number of nitrogens with zero attached hydrogens (tertiary/aromatic N) is 1. The summed E-state index contributed by atoms with van der Waals surface area (Å²) in [7, 11) is 3.98. The van der Waals surface area contributed by atoms with Crippen molar-refractivity contribution in [2.75, 3.05) is 24.3 Å². The molecule has 4 aromatic rings. The number of aromatic nitrogens is 1. The van der Waals surface area contributed by atoms with Gasteiger partial charge in [-0.25, -0.2) is 13.2 Å². The number of nitrogens with one attached hydrogen (secondary N) is 2. The summed E-state index contributed by atoms with van der Waals surface area (Å²) >= 11 is 0. The smallest absolute Gasteiger partial charge is 0.195 e. The molecule has 0 saturated carbocycles. The van der Waals surface area contributed by atoms with Crippen molar-refractivity contribution in [3.63, 3.8) is 0 Å². The van der Waals surface area contributed by atoms with Crippen LogP contribution >= 0.6 is 0 Å². The number of anilines is 2. The Morgan fingerprint density at radius 1 is 1.05 bits per heavy atom. The monoisotopic (exact) mass is 523 g/mol. The van der Waals surface area contributed by atoms with Crippen molar-refractivity contribution in [2.45, 2.75) is 54.0 Å². The van der Waals surface area contributed by atoms with Crippen LogP contribution in [0.5, 0.6) is 0 Å². The Hall–Kier alpha value is -3.74. The largest absolute Gasteiger partial charge is 0.386 e. The van der Waals surface area contributed by atoms with Gasteiger partial charge in [-0.1, -0.05) is 45.0 Å². The van der Waals surface area contributed by atoms with Gasteiger partial charge in [-0.3, -0.25) is 4.79 Å². The minimum atomic E-state index is -1.60. The van der Waals surface area contributed by atoms with E-state index >= 15 is 0 Å². The molecule has 38 heavy (non-hydrogen) atoms. The molecule has 1 heterocycles. The Morgan fingerprint density at radius 3 is 2.26 bits per heavy atom. The first-order valence-electron chi connectivity index (χ1n) is 12.9. The highest BCUT2D eigenvalue weighted by molar-refractivity contribution is 6.18. The molecule has 0 aliphatic carbocycles. The number of aromatic amines is 1. The van der Waals surface area contributed by atoms with Crippen molar-refractivity contribution in [1.82, 2.24) is 4.98 Å². The lowest BCUT2D eigenvalue weighted by atomic mass is 9.92. The molecule has 0 spiro atoms. The van der Waals surface area contributed by atoms with Crippen LogP contribution in [-0.4, -0.2) is 30.9 Å². The lowest BCUT2D eigenvalue weighted by Gasteiger charge is -2.32. The number of carbonyl (C=O) groups is 1. The molecule has 0 bridgehead atoms. The SMILES string of the molecule is CC.CCC(C)N(C)c1c(C)cc(C)c(-c2cccc3c(C(=O)c4cc(F)c(F)c(F)c4)c[nH]c23)c1NC. The van der Waals surface area contributed by atoms with Crippen molar-refractivity contribution in [2.24, 2.45) is 0 Å². The van der Waals surface area contributed by atoms with Crippen LogP contribution in [0.2, 0.25) is 0 Å². The minimum Gasteiger partial charge on any atom is -0.386 e. The Bertz CT molecular complexity index is 1450. The molecular formula is C31H36F3N3O. The number of fused-ring (bicyclic) bond motifs is 1. The molecule has 4 nitrogen and oxygen atoms in total. The summed E-state index contributed by atoms with van der Waals surface area (Å²) in [6.07, 6.45) is 2.52. The van der Waals surface area contributed by atoms with Crippen LogP contribution in [-0.2, 0) is 0 Å². The molecule has 1 atom stereocenters. The number of hydrogen-bond donors (Lipinski definition) is 2. The fourth-order valence-electron chi connectivity index (χ4n) is 4.91. The molecule has 0 radical (unpaired) electrons. The summed E-state index contributed by atoms with van der Waals surface area (Å²) in [5.41, 5.74) is 6.92. The number of halogens is 3. The van der Waals surface area contributed by atoms with Gasteiger partial charge in [0.15, 0.2) is 23.2 Å². The van der Waals surface area contributed by atoms with Crippen LogP contribution in [0.3, 0.4) is 0 Å². The van der Waals surface area contributed by atoms with Crippen LogP contribution < -0.4 is 10.2 Å². The van der Waals surface area contributed by atoms with Gasteiger partial charge in [0.1, 0.15) is 0 Å². The number of rotatable bonds is 7. The number of hydrogen-bond acceptors (Lipinski definition) is 3. The Kier molecular flexibility index (Phi) is 8.92. The maximum Gasteiger partial charge on any atom is 0.195 e. The second-order valence-electron chi connectivity index (χ2n) is 9.24. The summed E-state index contributed by atoms with van der Waals surface area (Å²) in [4.78, 5) is 18.6. The van der Waals surface area contributed by atoms with Crippen LogP contribution in [0.25, 0.3) is 22.0 Å². The maximum absolute atomic E-state index is 13.8. The van der Waals surface area contributed by atoms with E-state index in [9.17, 15) is 18.0 Å². The van der Waals surface area contributed by atoms with E-state index in [1.54, 1.807) is 6.07 Å². The van der Waals surface area contributed by atoms with Gasteiger partial charge in [0.05, 0.1) is 16.9 Å². The Balaban J connectivity index is 0.00000195. The first-order valence-corrected chi connectivity index (χ1v) is 12.9. The second kappa shape index (κ2) is 11.8. The number of ketones is 1. The molecule has 0 fully saturated rings. The third kappa shape index (κ3) is 5.02. The third-order valence-electron chi connectivity index (χ3n) is 7.02. The molecule has 0 amide bonds. The molecule has 0 aliphatic heterocycles.